The van der Waals surface area contributed by atoms with Gasteiger partial charge in [-0.05, 0) is 62.1 Å². The second kappa shape index (κ2) is 8.39. The second-order valence-electron chi connectivity index (χ2n) is 7.07. The van der Waals surface area contributed by atoms with Crippen molar-refractivity contribution in [3.05, 3.63) is 58.6 Å². The van der Waals surface area contributed by atoms with Crippen LogP contribution in [0.2, 0.25) is 5.02 Å². The Morgan fingerprint density at radius 3 is 2.64 bits per heavy atom. The van der Waals surface area contributed by atoms with E-state index in [-0.39, 0.29) is 5.91 Å². The number of aryl methyl sites for hydroxylation is 2. The molecular formula is C21H26ClNO2. The van der Waals surface area contributed by atoms with E-state index in [4.69, 9.17) is 16.3 Å². The number of benzene rings is 2. The van der Waals surface area contributed by atoms with Crippen LogP contribution in [0.25, 0.3) is 0 Å². The first-order valence-corrected chi connectivity index (χ1v) is 8.93. The molecule has 0 saturated heterocycles. The van der Waals surface area contributed by atoms with Crippen LogP contribution in [0.4, 0.5) is 5.69 Å². The molecule has 1 N–H and O–H groups in total. The van der Waals surface area contributed by atoms with E-state index in [1.54, 1.807) is 12.1 Å². The summed E-state index contributed by atoms with van der Waals surface area (Å²) in [6.45, 7) is 8.58. The average molecular weight is 360 g/mol. The normalized spacial score (nSPS) is 11.2. The summed E-state index contributed by atoms with van der Waals surface area (Å²) >= 11 is 5.96. The first-order valence-electron chi connectivity index (χ1n) is 8.55. The van der Waals surface area contributed by atoms with Crippen molar-refractivity contribution in [2.75, 3.05) is 11.9 Å². The summed E-state index contributed by atoms with van der Waals surface area (Å²) in [5.74, 6) is 0.905. The Labute approximate surface area is 155 Å². The number of rotatable bonds is 7. The van der Waals surface area contributed by atoms with Crippen molar-refractivity contribution < 1.29 is 9.53 Å². The minimum absolute atomic E-state index is 0.0125. The molecule has 0 bridgehead atoms. The Balaban J connectivity index is 1.84. The van der Waals surface area contributed by atoms with Crippen LogP contribution in [-0.2, 0) is 4.79 Å². The third-order valence-corrected chi connectivity index (χ3v) is 4.48. The molecule has 4 heteroatoms. The first-order chi connectivity index (χ1) is 11.8. The van der Waals surface area contributed by atoms with Gasteiger partial charge in [0.1, 0.15) is 5.75 Å². The van der Waals surface area contributed by atoms with Crippen molar-refractivity contribution in [1.82, 2.24) is 0 Å². The van der Waals surface area contributed by atoms with E-state index in [9.17, 15) is 4.79 Å². The maximum atomic E-state index is 12.5. The van der Waals surface area contributed by atoms with Gasteiger partial charge in [0.2, 0.25) is 5.91 Å². The van der Waals surface area contributed by atoms with Crippen LogP contribution < -0.4 is 10.1 Å². The molecule has 2 aromatic rings. The highest BCUT2D eigenvalue weighted by Crippen LogP contribution is 2.26. The van der Waals surface area contributed by atoms with Crippen molar-refractivity contribution in [3.8, 4) is 5.75 Å². The number of hydrogen-bond donors (Lipinski definition) is 1. The van der Waals surface area contributed by atoms with Gasteiger partial charge in [0.25, 0.3) is 0 Å². The molecule has 0 atom stereocenters. The summed E-state index contributed by atoms with van der Waals surface area (Å²) in [7, 11) is 0. The minimum Gasteiger partial charge on any atom is -0.493 e. The van der Waals surface area contributed by atoms with Crippen LogP contribution in [0.5, 0.6) is 5.75 Å². The van der Waals surface area contributed by atoms with Crippen LogP contribution >= 0.6 is 11.6 Å². The largest absolute Gasteiger partial charge is 0.493 e. The number of halogens is 1. The molecule has 0 aliphatic heterocycles. The summed E-state index contributed by atoms with van der Waals surface area (Å²) in [5, 5.41) is 3.54. The lowest BCUT2D eigenvalue weighted by Gasteiger charge is -2.23. The van der Waals surface area contributed by atoms with Gasteiger partial charge in [0, 0.05) is 16.1 Å². The monoisotopic (exact) mass is 359 g/mol. The molecule has 0 radical (unpaired) electrons. The number of carbonyl (C=O) groups excluding carboxylic acids is 1. The van der Waals surface area contributed by atoms with Crippen molar-refractivity contribution >= 4 is 23.2 Å². The summed E-state index contributed by atoms with van der Waals surface area (Å²) in [6, 6.07) is 13.4. The molecule has 0 fully saturated rings. The molecule has 3 nitrogen and oxygen atoms in total. The molecule has 0 spiro atoms. The first kappa shape index (κ1) is 19.3. The third-order valence-electron chi connectivity index (χ3n) is 4.24. The zero-order valence-corrected chi connectivity index (χ0v) is 16.1. The van der Waals surface area contributed by atoms with Gasteiger partial charge in [-0.2, -0.15) is 0 Å². The predicted octanol–water partition coefficient (Wildman–Crippen LogP) is 5.78. The Morgan fingerprint density at radius 1 is 1.16 bits per heavy atom. The SMILES string of the molecule is Cc1ccc(C)c(OCCCC(C)(C)C(=O)Nc2cccc(Cl)c2)c1. The minimum atomic E-state index is -0.479. The van der Waals surface area contributed by atoms with Gasteiger partial charge in [-0.1, -0.05) is 43.6 Å². The number of hydrogen-bond acceptors (Lipinski definition) is 2. The maximum absolute atomic E-state index is 12.5. The van der Waals surface area contributed by atoms with Crippen LogP contribution in [0.1, 0.15) is 37.8 Å². The third kappa shape index (κ3) is 5.79. The summed E-state index contributed by atoms with van der Waals surface area (Å²) in [5.41, 5.74) is 2.55. The van der Waals surface area contributed by atoms with E-state index in [0.717, 1.165) is 29.8 Å². The Morgan fingerprint density at radius 2 is 1.92 bits per heavy atom. The highest BCUT2D eigenvalue weighted by molar-refractivity contribution is 6.30. The molecule has 2 rings (SSSR count). The number of ether oxygens (including phenoxy) is 1. The number of carbonyl (C=O) groups is 1. The van der Waals surface area contributed by atoms with Gasteiger partial charge in [-0.15, -0.1) is 0 Å². The number of anilines is 1. The van der Waals surface area contributed by atoms with Crippen LogP contribution in [0, 0.1) is 19.3 Å². The number of amides is 1. The fourth-order valence-corrected chi connectivity index (χ4v) is 2.73. The average Bonchev–Trinajstić information content (AvgIpc) is 2.54. The maximum Gasteiger partial charge on any atom is 0.230 e. The van der Waals surface area contributed by atoms with E-state index < -0.39 is 5.41 Å². The topological polar surface area (TPSA) is 38.3 Å². The van der Waals surface area contributed by atoms with E-state index >= 15 is 0 Å². The van der Waals surface area contributed by atoms with Gasteiger partial charge >= 0.3 is 0 Å². The number of nitrogens with one attached hydrogen (secondary N) is 1. The second-order valence-corrected chi connectivity index (χ2v) is 7.51. The van der Waals surface area contributed by atoms with Gasteiger partial charge < -0.3 is 10.1 Å². The lowest BCUT2D eigenvalue weighted by Crippen LogP contribution is -2.31. The quantitative estimate of drug-likeness (QED) is 0.636. The standard InChI is InChI=1S/C21H26ClNO2/c1-15-9-10-16(2)19(13-15)25-12-6-11-21(3,4)20(24)23-18-8-5-7-17(22)14-18/h5,7-10,13-14H,6,11-12H2,1-4H3,(H,23,24). The van der Waals surface area contributed by atoms with Crippen molar-refractivity contribution in [3.63, 3.8) is 0 Å². The molecule has 25 heavy (non-hydrogen) atoms. The Hall–Kier alpha value is -2.00. The summed E-state index contributed by atoms with van der Waals surface area (Å²) in [4.78, 5) is 12.5. The fraction of sp³-hybridized carbons (Fsp3) is 0.381. The van der Waals surface area contributed by atoms with Crippen molar-refractivity contribution in [2.24, 2.45) is 5.41 Å². The molecular weight excluding hydrogens is 334 g/mol. The summed E-state index contributed by atoms with van der Waals surface area (Å²) < 4.78 is 5.88. The molecule has 1 amide bonds. The molecule has 0 heterocycles. The van der Waals surface area contributed by atoms with Gasteiger partial charge in [-0.3, -0.25) is 4.79 Å². The van der Waals surface area contributed by atoms with Crippen molar-refractivity contribution in [1.29, 1.82) is 0 Å². The molecule has 0 aliphatic rings. The van der Waals surface area contributed by atoms with E-state index in [1.165, 1.54) is 5.56 Å². The van der Waals surface area contributed by atoms with E-state index in [2.05, 4.69) is 24.4 Å². The highest BCUT2D eigenvalue weighted by atomic mass is 35.5. The highest BCUT2D eigenvalue weighted by Gasteiger charge is 2.27. The van der Waals surface area contributed by atoms with Gasteiger partial charge in [0.15, 0.2) is 0 Å². The molecule has 0 aliphatic carbocycles. The van der Waals surface area contributed by atoms with Crippen LogP contribution in [0.3, 0.4) is 0 Å². The smallest absolute Gasteiger partial charge is 0.230 e. The van der Waals surface area contributed by atoms with Gasteiger partial charge in [0.05, 0.1) is 6.61 Å². The molecule has 2 aromatic carbocycles. The Kier molecular flexibility index (Phi) is 6.49. The van der Waals surface area contributed by atoms with E-state index in [0.29, 0.717) is 11.6 Å². The molecule has 0 saturated carbocycles. The predicted molar refractivity (Wildman–Crippen MR) is 105 cm³/mol. The fourth-order valence-electron chi connectivity index (χ4n) is 2.54. The Bertz CT molecular complexity index is 740. The lowest BCUT2D eigenvalue weighted by molar-refractivity contribution is -0.124. The zero-order valence-electron chi connectivity index (χ0n) is 15.4. The molecule has 0 aromatic heterocycles. The lowest BCUT2D eigenvalue weighted by atomic mass is 9.87. The summed E-state index contributed by atoms with van der Waals surface area (Å²) in [6.07, 6.45) is 1.55. The molecule has 134 valence electrons. The molecule has 0 unspecified atom stereocenters. The van der Waals surface area contributed by atoms with Crippen LogP contribution in [0.15, 0.2) is 42.5 Å². The van der Waals surface area contributed by atoms with E-state index in [1.807, 2.05) is 39.0 Å². The van der Waals surface area contributed by atoms with Crippen LogP contribution in [-0.4, -0.2) is 12.5 Å². The van der Waals surface area contributed by atoms with Gasteiger partial charge in [-0.25, -0.2) is 0 Å². The zero-order chi connectivity index (χ0) is 18.4. The van der Waals surface area contributed by atoms with Crippen molar-refractivity contribution in [2.45, 2.75) is 40.5 Å².